The van der Waals surface area contributed by atoms with Crippen molar-refractivity contribution in [2.45, 2.75) is 0 Å². The molecule has 0 aliphatic carbocycles. The number of carbonyl (C=O) groups is 1. The van der Waals surface area contributed by atoms with Crippen molar-refractivity contribution < 1.29 is 9.18 Å². The molecule has 6 aromatic rings. The van der Waals surface area contributed by atoms with E-state index in [0.29, 0.717) is 42.8 Å². The summed E-state index contributed by atoms with van der Waals surface area (Å²) in [6.07, 6.45) is 0. The van der Waals surface area contributed by atoms with Crippen molar-refractivity contribution in [1.29, 1.82) is 0 Å². The van der Waals surface area contributed by atoms with Crippen LogP contribution in [0.5, 0.6) is 0 Å². The van der Waals surface area contributed by atoms with Crippen LogP contribution in [0.1, 0.15) is 10.5 Å². The highest BCUT2D eigenvalue weighted by molar-refractivity contribution is 6.20. The topological polar surface area (TPSA) is 57.9 Å². The predicted molar refractivity (Wildman–Crippen MR) is 140 cm³/mol. The standard InChI is InChI=1S/C29H21FN4O2/c30-18-9-11-19(12-10-18)32-13-15-33(16-14-32)29(36)24-17-23-20-5-3-4-8-25(20)34-27(23)26(31-24)21-6-1-2-7-22(21)28(34)35/h1-12,17H,13-16H2. The molecule has 3 aromatic heterocycles. The normalized spacial score (nSPS) is 14.5. The number of pyridine rings is 2. The lowest BCUT2D eigenvalue weighted by Gasteiger charge is -2.36. The molecule has 0 atom stereocenters. The Morgan fingerprint density at radius 1 is 0.778 bits per heavy atom. The molecule has 4 heterocycles. The van der Waals surface area contributed by atoms with Gasteiger partial charge in [0, 0.05) is 53.4 Å². The first-order valence-corrected chi connectivity index (χ1v) is 12.0. The first kappa shape index (κ1) is 20.8. The fourth-order valence-electron chi connectivity index (χ4n) is 5.47. The van der Waals surface area contributed by atoms with Gasteiger partial charge in [0.05, 0.1) is 16.6 Å². The van der Waals surface area contributed by atoms with E-state index in [-0.39, 0.29) is 17.3 Å². The summed E-state index contributed by atoms with van der Waals surface area (Å²) in [4.78, 5) is 35.9. The summed E-state index contributed by atoms with van der Waals surface area (Å²) in [5.74, 6) is -0.388. The lowest BCUT2D eigenvalue weighted by molar-refractivity contribution is 0.0741. The zero-order valence-electron chi connectivity index (χ0n) is 19.3. The molecule has 1 aliphatic heterocycles. The second kappa shape index (κ2) is 7.75. The number of amides is 1. The maximum atomic E-state index is 13.7. The van der Waals surface area contributed by atoms with Crippen LogP contribution >= 0.6 is 0 Å². The Morgan fingerprint density at radius 2 is 1.44 bits per heavy atom. The minimum absolute atomic E-state index is 0.0814. The summed E-state index contributed by atoms with van der Waals surface area (Å²) in [5.41, 5.74) is 3.46. The maximum absolute atomic E-state index is 13.7. The summed E-state index contributed by atoms with van der Waals surface area (Å²) in [6.45, 7) is 2.40. The molecule has 1 saturated heterocycles. The highest BCUT2D eigenvalue weighted by Crippen LogP contribution is 2.34. The molecule has 0 saturated carbocycles. The van der Waals surface area contributed by atoms with E-state index in [4.69, 9.17) is 4.98 Å². The third kappa shape index (κ3) is 2.99. The lowest BCUT2D eigenvalue weighted by Crippen LogP contribution is -2.49. The number of carbonyl (C=O) groups excluding carboxylic acids is 1. The number of hydrogen-bond donors (Lipinski definition) is 0. The van der Waals surface area contributed by atoms with Crippen molar-refractivity contribution in [3.8, 4) is 0 Å². The van der Waals surface area contributed by atoms with E-state index in [9.17, 15) is 14.0 Å². The number of aromatic nitrogens is 2. The van der Waals surface area contributed by atoms with Gasteiger partial charge in [-0.15, -0.1) is 0 Å². The van der Waals surface area contributed by atoms with E-state index in [1.54, 1.807) is 16.5 Å². The summed E-state index contributed by atoms with van der Waals surface area (Å²) < 4.78 is 15.0. The number of anilines is 1. The van der Waals surface area contributed by atoms with Crippen molar-refractivity contribution >= 4 is 49.7 Å². The van der Waals surface area contributed by atoms with Crippen LogP contribution in [-0.2, 0) is 0 Å². The quantitative estimate of drug-likeness (QED) is 0.340. The summed E-state index contributed by atoms with van der Waals surface area (Å²) in [5, 5.41) is 3.11. The highest BCUT2D eigenvalue weighted by Gasteiger charge is 2.26. The van der Waals surface area contributed by atoms with E-state index in [1.165, 1.54) is 12.1 Å². The van der Waals surface area contributed by atoms with Gasteiger partial charge in [-0.1, -0.05) is 36.4 Å². The monoisotopic (exact) mass is 476 g/mol. The third-order valence-corrected chi connectivity index (χ3v) is 7.24. The molecule has 0 radical (unpaired) electrons. The number of para-hydroxylation sites is 1. The van der Waals surface area contributed by atoms with Crippen molar-refractivity contribution in [3.63, 3.8) is 0 Å². The van der Waals surface area contributed by atoms with Gasteiger partial charge in [-0.2, -0.15) is 0 Å². The summed E-state index contributed by atoms with van der Waals surface area (Å²) in [7, 11) is 0. The molecule has 7 heteroatoms. The van der Waals surface area contributed by atoms with Gasteiger partial charge in [-0.3, -0.25) is 14.0 Å². The molecular weight excluding hydrogens is 455 g/mol. The molecule has 1 aliphatic rings. The van der Waals surface area contributed by atoms with Crippen LogP contribution in [-0.4, -0.2) is 46.4 Å². The number of halogens is 1. The Morgan fingerprint density at radius 3 is 2.19 bits per heavy atom. The van der Waals surface area contributed by atoms with Crippen LogP contribution < -0.4 is 10.5 Å². The van der Waals surface area contributed by atoms with Crippen molar-refractivity contribution in [1.82, 2.24) is 14.3 Å². The lowest BCUT2D eigenvalue weighted by atomic mass is 10.1. The second-order valence-corrected chi connectivity index (χ2v) is 9.21. The molecule has 7 rings (SSSR count). The van der Waals surface area contributed by atoms with Gasteiger partial charge in [-0.25, -0.2) is 9.37 Å². The SMILES string of the molecule is O=C(c1cc2c3ccccc3n3c(=O)c4ccccc4c(n1)c23)N1CCN(c2ccc(F)cc2)CC1. The Bertz CT molecular complexity index is 1850. The van der Waals surface area contributed by atoms with Crippen LogP contribution in [0.3, 0.4) is 0 Å². The molecule has 3 aromatic carbocycles. The highest BCUT2D eigenvalue weighted by atomic mass is 19.1. The Labute approximate surface area is 205 Å². The zero-order valence-corrected chi connectivity index (χ0v) is 19.3. The molecule has 0 N–H and O–H groups in total. The largest absolute Gasteiger partial charge is 0.368 e. The van der Waals surface area contributed by atoms with E-state index in [2.05, 4.69) is 4.90 Å². The molecule has 0 spiro atoms. The van der Waals surface area contributed by atoms with Gasteiger partial charge in [0.2, 0.25) is 0 Å². The number of benzene rings is 3. The summed E-state index contributed by atoms with van der Waals surface area (Å²) in [6, 6.07) is 23.5. The zero-order chi connectivity index (χ0) is 24.4. The Hall–Kier alpha value is -4.52. The molecule has 1 fully saturated rings. The fourth-order valence-corrected chi connectivity index (χ4v) is 5.47. The first-order chi connectivity index (χ1) is 17.6. The van der Waals surface area contributed by atoms with Crippen LogP contribution in [0.2, 0.25) is 0 Å². The van der Waals surface area contributed by atoms with Crippen LogP contribution in [0.25, 0.3) is 38.1 Å². The molecule has 1 amide bonds. The first-order valence-electron chi connectivity index (χ1n) is 12.0. The van der Waals surface area contributed by atoms with Gasteiger partial charge in [0.1, 0.15) is 11.5 Å². The van der Waals surface area contributed by atoms with Gasteiger partial charge in [-0.05, 0) is 42.5 Å². The van der Waals surface area contributed by atoms with Crippen molar-refractivity contribution in [2.75, 3.05) is 31.1 Å². The average molecular weight is 477 g/mol. The predicted octanol–water partition coefficient (Wildman–Crippen LogP) is 4.69. The van der Waals surface area contributed by atoms with Gasteiger partial charge >= 0.3 is 0 Å². The minimum Gasteiger partial charge on any atom is -0.368 e. The maximum Gasteiger partial charge on any atom is 0.272 e. The molecule has 6 nitrogen and oxygen atoms in total. The van der Waals surface area contributed by atoms with Crippen molar-refractivity contribution in [2.24, 2.45) is 0 Å². The number of hydrogen-bond acceptors (Lipinski definition) is 4. The van der Waals surface area contributed by atoms with Gasteiger partial charge < -0.3 is 9.80 Å². The number of fused-ring (bicyclic) bond motifs is 5. The summed E-state index contributed by atoms with van der Waals surface area (Å²) >= 11 is 0. The van der Waals surface area contributed by atoms with Crippen LogP contribution in [0.4, 0.5) is 10.1 Å². The van der Waals surface area contributed by atoms with Gasteiger partial charge in [0.25, 0.3) is 11.5 Å². The second-order valence-electron chi connectivity index (χ2n) is 9.21. The van der Waals surface area contributed by atoms with E-state index < -0.39 is 0 Å². The van der Waals surface area contributed by atoms with Crippen LogP contribution in [0, 0.1) is 5.82 Å². The Kier molecular flexibility index (Phi) is 4.48. The minimum atomic E-state index is -0.261. The third-order valence-electron chi connectivity index (χ3n) is 7.24. The Balaban J connectivity index is 1.34. The number of rotatable bonds is 2. The molecule has 36 heavy (non-hydrogen) atoms. The van der Waals surface area contributed by atoms with Crippen molar-refractivity contribution in [3.05, 3.63) is 101 Å². The van der Waals surface area contributed by atoms with Crippen LogP contribution in [0.15, 0.2) is 83.7 Å². The molecular formula is C29H21FN4O2. The van der Waals surface area contributed by atoms with Gasteiger partial charge in [0.15, 0.2) is 0 Å². The van der Waals surface area contributed by atoms with E-state index in [1.807, 2.05) is 59.5 Å². The van der Waals surface area contributed by atoms with E-state index >= 15 is 0 Å². The number of nitrogens with zero attached hydrogens (tertiary/aromatic N) is 4. The molecule has 0 bridgehead atoms. The van der Waals surface area contributed by atoms with E-state index in [0.717, 1.165) is 32.9 Å². The molecule has 176 valence electrons. The fraction of sp³-hybridized carbons (Fsp3) is 0.138. The smallest absolute Gasteiger partial charge is 0.272 e. The molecule has 0 unspecified atom stereocenters. The number of piperazine rings is 1. The average Bonchev–Trinajstić information content (AvgIpc) is 3.27.